The predicted molar refractivity (Wildman–Crippen MR) is 104 cm³/mol. The number of hydrogen-bond donors (Lipinski definition) is 1. The SMILES string of the molecule is COc1ccc(C)cc1NC(=O)[C@@H](C)OC(=O)COc1cccc(C(C)=O)c1. The fourth-order valence-corrected chi connectivity index (χ4v) is 2.39. The molecule has 0 fully saturated rings. The van der Waals surface area contributed by atoms with Gasteiger partial charge in [0, 0.05) is 5.56 Å². The molecule has 2 rings (SSSR count). The minimum atomic E-state index is -1.02. The molecule has 1 N–H and O–H groups in total. The number of methoxy groups -OCH3 is 1. The Morgan fingerprint density at radius 3 is 2.54 bits per heavy atom. The first kappa shape index (κ1) is 21.0. The number of carbonyl (C=O) groups excluding carboxylic acids is 3. The topological polar surface area (TPSA) is 90.9 Å². The number of rotatable bonds is 8. The maximum absolute atomic E-state index is 12.3. The third kappa shape index (κ3) is 5.84. The lowest BCUT2D eigenvalue weighted by Crippen LogP contribution is -2.31. The summed E-state index contributed by atoms with van der Waals surface area (Å²) < 4.78 is 15.6. The van der Waals surface area contributed by atoms with Crippen molar-refractivity contribution in [2.45, 2.75) is 26.9 Å². The molecular weight excluding hydrogens is 362 g/mol. The number of nitrogens with one attached hydrogen (secondary N) is 1. The van der Waals surface area contributed by atoms with Crippen molar-refractivity contribution in [2.75, 3.05) is 19.0 Å². The fourth-order valence-electron chi connectivity index (χ4n) is 2.39. The van der Waals surface area contributed by atoms with Gasteiger partial charge in [0.2, 0.25) is 0 Å². The Morgan fingerprint density at radius 1 is 1.11 bits per heavy atom. The van der Waals surface area contributed by atoms with Crippen molar-refractivity contribution in [3.8, 4) is 11.5 Å². The van der Waals surface area contributed by atoms with Crippen LogP contribution in [0.2, 0.25) is 0 Å². The van der Waals surface area contributed by atoms with Gasteiger partial charge in [-0.2, -0.15) is 0 Å². The summed E-state index contributed by atoms with van der Waals surface area (Å²) in [7, 11) is 1.50. The monoisotopic (exact) mass is 385 g/mol. The molecule has 0 aliphatic heterocycles. The molecule has 0 spiro atoms. The number of esters is 1. The molecule has 0 aliphatic rings. The maximum Gasteiger partial charge on any atom is 0.344 e. The van der Waals surface area contributed by atoms with Gasteiger partial charge in [-0.15, -0.1) is 0 Å². The van der Waals surface area contributed by atoms with Crippen molar-refractivity contribution in [3.63, 3.8) is 0 Å². The van der Waals surface area contributed by atoms with E-state index in [0.717, 1.165) is 5.56 Å². The van der Waals surface area contributed by atoms with Crippen LogP contribution in [0.5, 0.6) is 11.5 Å². The molecule has 0 radical (unpaired) electrons. The predicted octanol–water partition coefficient (Wildman–Crippen LogP) is 3.16. The Hall–Kier alpha value is -3.35. The number of hydrogen-bond acceptors (Lipinski definition) is 6. The summed E-state index contributed by atoms with van der Waals surface area (Å²) in [4.78, 5) is 35.6. The van der Waals surface area contributed by atoms with Crippen LogP contribution in [0.15, 0.2) is 42.5 Å². The van der Waals surface area contributed by atoms with Gasteiger partial charge in [0.1, 0.15) is 11.5 Å². The molecule has 1 atom stereocenters. The summed E-state index contributed by atoms with van der Waals surface area (Å²) in [6.07, 6.45) is -1.02. The van der Waals surface area contributed by atoms with Crippen molar-refractivity contribution in [2.24, 2.45) is 0 Å². The smallest absolute Gasteiger partial charge is 0.344 e. The number of aryl methyl sites for hydroxylation is 1. The van der Waals surface area contributed by atoms with Crippen LogP contribution in [-0.2, 0) is 14.3 Å². The van der Waals surface area contributed by atoms with Crippen molar-refractivity contribution in [1.82, 2.24) is 0 Å². The van der Waals surface area contributed by atoms with Gasteiger partial charge in [-0.1, -0.05) is 18.2 Å². The van der Waals surface area contributed by atoms with E-state index in [4.69, 9.17) is 14.2 Å². The summed E-state index contributed by atoms with van der Waals surface area (Å²) in [6.45, 7) is 4.41. The molecule has 2 aromatic carbocycles. The average molecular weight is 385 g/mol. The molecule has 0 aliphatic carbocycles. The summed E-state index contributed by atoms with van der Waals surface area (Å²) >= 11 is 0. The Bertz CT molecular complexity index is 877. The van der Waals surface area contributed by atoms with E-state index in [2.05, 4.69) is 5.32 Å². The van der Waals surface area contributed by atoms with Gasteiger partial charge in [-0.3, -0.25) is 9.59 Å². The van der Waals surface area contributed by atoms with E-state index in [0.29, 0.717) is 22.7 Å². The van der Waals surface area contributed by atoms with Crippen LogP contribution in [0.25, 0.3) is 0 Å². The minimum Gasteiger partial charge on any atom is -0.495 e. The number of amides is 1. The van der Waals surface area contributed by atoms with Crippen LogP contribution in [0.4, 0.5) is 5.69 Å². The average Bonchev–Trinajstić information content (AvgIpc) is 2.66. The molecule has 0 aromatic heterocycles. The largest absolute Gasteiger partial charge is 0.495 e. The second-order valence-corrected chi connectivity index (χ2v) is 6.20. The zero-order chi connectivity index (χ0) is 20.7. The van der Waals surface area contributed by atoms with Crippen LogP contribution in [0, 0.1) is 6.92 Å². The number of carbonyl (C=O) groups is 3. The molecule has 148 valence electrons. The third-order valence-corrected chi connectivity index (χ3v) is 3.89. The maximum atomic E-state index is 12.3. The van der Waals surface area contributed by atoms with Gasteiger partial charge in [-0.25, -0.2) is 4.79 Å². The fraction of sp³-hybridized carbons (Fsp3) is 0.286. The minimum absolute atomic E-state index is 0.107. The van der Waals surface area contributed by atoms with Crippen LogP contribution in [-0.4, -0.2) is 37.5 Å². The Balaban J connectivity index is 1.89. The highest BCUT2D eigenvalue weighted by atomic mass is 16.6. The summed E-state index contributed by atoms with van der Waals surface area (Å²) in [5.41, 5.74) is 1.92. The molecule has 28 heavy (non-hydrogen) atoms. The summed E-state index contributed by atoms with van der Waals surface area (Å²) in [5.74, 6) is -0.426. The number of anilines is 1. The first-order valence-electron chi connectivity index (χ1n) is 8.69. The molecule has 0 saturated carbocycles. The van der Waals surface area contributed by atoms with Crippen LogP contribution < -0.4 is 14.8 Å². The normalized spacial score (nSPS) is 11.3. The molecule has 0 saturated heterocycles. The standard InChI is InChI=1S/C21H23NO6/c1-13-8-9-19(26-4)18(10-13)22-21(25)15(3)28-20(24)12-27-17-7-5-6-16(11-17)14(2)23/h5-11,15H,12H2,1-4H3,(H,22,25)/t15-/m1/s1. The molecule has 7 nitrogen and oxygen atoms in total. The Kier molecular flexibility index (Phi) is 7.14. The van der Waals surface area contributed by atoms with Gasteiger partial charge in [0.25, 0.3) is 5.91 Å². The van der Waals surface area contributed by atoms with E-state index in [1.807, 2.05) is 13.0 Å². The van der Waals surface area contributed by atoms with E-state index in [1.165, 1.54) is 27.0 Å². The van der Waals surface area contributed by atoms with Crippen molar-refractivity contribution >= 4 is 23.3 Å². The molecule has 7 heteroatoms. The second kappa shape index (κ2) is 9.55. The second-order valence-electron chi connectivity index (χ2n) is 6.20. The quantitative estimate of drug-likeness (QED) is 0.554. The number of ketones is 1. The third-order valence-electron chi connectivity index (χ3n) is 3.89. The van der Waals surface area contributed by atoms with Gasteiger partial charge in [-0.05, 0) is 50.6 Å². The molecule has 0 unspecified atom stereocenters. The highest BCUT2D eigenvalue weighted by Gasteiger charge is 2.19. The zero-order valence-electron chi connectivity index (χ0n) is 16.3. The highest BCUT2D eigenvalue weighted by molar-refractivity contribution is 5.96. The van der Waals surface area contributed by atoms with Crippen LogP contribution in [0.3, 0.4) is 0 Å². The van der Waals surface area contributed by atoms with E-state index in [9.17, 15) is 14.4 Å². The van der Waals surface area contributed by atoms with Crippen molar-refractivity contribution < 1.29 is 28.6 Å². The number of benzene rings is 2. The van der Waals surface area contributed by atoms with Crippen molar-refractivity contribution in [3.05, 3.63) is 53.6 Å². The highest BCUT2D eigenvalue weighted by Crippen LogP contribution is 2.25. The van der Waals surface area contributed by atoms with Gasteiger partial charge >= 0.3 is 5.97 Å². The van der Waals surface area contributed by atoms with E-state index in [-0.39, 0.29) is 12.4 Å². The van der Waals surface area contributed by atoms with E-state index >= 15 is 0 Å². The van der Waals surface area contributed by atoms with Gasteiger partial charge in [0.15, 0.2) is 18.5 Å². The lowest BCUT2D eigenvalue weighted by Gasteiger charge is -2.16. The lowest BCUT2D eigenvalue weighted by molar-refractivity contribution is -0.155. The Labute approximate surface area is 163 Å². The van der Waals surface area contributed by atoms with Crippen molar-refractivity contribution in [1.29, 1.82) is 0 Å². The van der Waals surface area contributed by atoms with E-state index < -0.39 is 18.0 Å². The van der Waals surface area contributed by atoms with Gasteiger partial charge < -0.3 is 19.5 Å². The molecule has 1 amide bonds. The lowest BCUT2D eigenvalue weighted by atomic mass is 10.1. The first-order chi connectivity index (χ1) is 13.3. The van der Waals surface area contributed by atoms with Crippen LogP contribution in [0.1, 0.15) is 29.8 Å². The van der Waals surface area contributed by atoms with Gasteiger partial charge in [0.05, 0.1) is 12.8 Å². The molecule has 0 bridgehead atoms. The van der Waals surface area contributed by atoms with Crippen LogP contribution >= 0.6 is 0 Å². The summed E-state index contributed by atoms with van der Waals surface area (Å²) in [5, 5.41) is 2.68. The summed E-state index contributed by atoms with van der Waals surface area (Å²) in [6, 6.07) is 11.8. The molecule has 0 heterocycles. The number of Topliss-reactive ketones (excluding diaryl/α,β-unsaturated/α-hetero) is 1. The first-order valence-corrected chi connectivity index (χ1v) is 8.69. The molecule has 2 aromatic rings. The molecular formula is C21H23NO6. The zero-order valence-corrected chi connectivity index (χ0v) is 16.3. The number of ether oxygens (including phenoxy) is 3. The Morgan fingerprint density at radius 2 is 1.86 bits per heavy atom. The van der Waals surface area contributed by atoms with E-state index in [1.54, 1.807) is 30.3 Å².